The first-order valence-corrected chi connectivity index (χ1v) is 7.75. The van der Waals surface area contributed by atoms with Gasteiger partial charge in [-0.25, -0.2) is 14.5 Å². The molecule has 1 aromatic carbocycles. The molecule has 0 amide bonds. The number of carbonyl (C=O) groups excluding carboxylic acids is 1. The first kappa shape index (κ1) is 15.9. The van der Waals surface area contributed by atoms with Gasteiger partial charge in [-0.1, -0.05) is 29.8 Å². The molecule has 0 aliphatic heterocycles. The molecule has 0 saturated carbocycles. The summed E-state index contributed by atoms with van der Waals surface area (Å²) in [5.41, 5.74) is 4.42. The van der Waals surface area contributed by atoms with E-state index in [1.807, 2.05) is 57.2 Å². The van der Waals surface area contributed by atoms with E-state index in [9.17, 15) is 4.79 Å². The highest BCUT2D eigenvalue weighted by atomic mass is 16.5. The summed E-state index contributed by atoms with van der Waals surface area (Å²) in [4.78, 5) is 16.6. The largest absolute Gasteiger partial charge is 0.457 e. The minimum Gasteiger partial charge on any atom is -0.457 e. The van der Waals surface area contributed by atoms with Crippen LogP contribution in [0.5, 0.6) is 0 Å². The molecular weight excluding hydrogens is 302 g/mol. The maximum atomic E-state index is 12.4. The van der Waals surface area contributed by atoms with Gasteiger partial charge in [0.15, 0.2) is 5.82 Å². The van der Waals surface area contributed by atoms with Crippen molar-refractivity contribution in [3.63, 3.8) is 0 Å². The number of benzene rings is 1. The zero-order chi connectivity index (χ0) is 17.1. The van der Waals surface area contributed by atoms with Gasteiger partial charge >= 0.3 is 5.97 Å². The van der Waals surface area contributed by atoms with Crippen LogP contribution in [0.3, 0.4) is 0 Å². The van der Waals surface area contributed by atoms with Crippen molar-refractivity contribution in [1.82, 2.24) is 14.8 Å². The lowest BCUT2D eigenvalue weighted by molar-refractivity contribution is 0.0471. The van der Waals surface area contributed by atoms with Crippen LogP contribution in [0.4, 0.5) is 0 Å². The van der Waals surface area contributed by atoms with Crippen molar-refractivity contribution in [2.45, 2.75) is 27.4 Å². The van der Waals surface area contributed by atoms with Crippen LogP contribution >= 0.6 is 0 Å². The molecule has 5 nitrogen and oxygen atoms in total. The molecule has 122 valence electrons. The Morgan fingerprint density at radius 1 is 1.17 bits per heavy atom. The zero-order valence-electron chi connectivity index (χ0n) is 14.0. The number of aryl methyl sites for hydroxylation is 2. The average molecular weight is 321 g/mol. The maximum Gasteiger partial charge on any atom is 0.341 e. The number of rotatable bonds is 4. The Hall–Kier alpha value is -2.95. The van der Waals surface area contributed by atoms with Gasteiger partial charge in [0.05, 0.1) is 11.9 Å². The van der Waals surface area contributed by atoms with E-state index in [0.29, 0.717) is 17.1 Å². The van der Waals surface area contributed by atoms with Crippen molar-refractivity contribution in [3.05, 3.63) is 76.7 Å². The van der Waals surface area contributed by atoms with Crippen molar-refractivity contribution in [3.8, 4) is 5.82 Å². The fourth-order valence-electron chi connectivity index (χ4n) is 2.50. The molecule has 0 bridgehead atoms. The van der Waals surface area contributed by atoms with E-state index in [2.05, 4.69) is 10.1 Å². The molecule has 2 heterocycles. The van der Waals surface area contributed by atoms with Crippen LogP contribution in [0.1, 0.15) is 32.7 Å². The Labute approximate surface area is 140 Å². The molecule has 5 heteroatoms. The summed E-state index contributed by atoms with van der Waals surface area (Å²) >= 11 is 0. The molecule has 0 unspecified atom stereocenters. The van der Waals surface area contributed by atoms with Gasteiger partial charge in [0, 0.05) is 6.20 Å². The summed E-state index contributed by atoms with van der Waals surface area (Å²) in [5, 5.41) is 4.25. The minimum absolute atomic E-state index is 0.251. The molecule has 3 aromatic rings. The number of ether oxygens (including phenoxy) is 1. The number of carbonyl (C=O) groups is 1. The van der Waals surface area contributed by atoms with Crippen LogP contribution in [0, 0.1) is 20.8 Å². The Balaban J connectivity index is 1.77. The fourth-order valence-corrected chi connectivity index (χ4v) is 2.50. The number of esters is 1. The predicted molar refractivity (Wildman–Crippen MR) is 91.1 cm³/mol. The van der Waals surface area contributed by atoms with Crippen LogP contribution in [0.25, 0.3) is 5.82 Å². The van der Waals surface area contributed by atoms with Crippen LogP contribution in [-0.4, -0.2) is 20.7 Å². The SMILES string of the molecule is Cc1ccc(C)c(COC(=O)c2cnn(-c3ccccn3)c2C)c1. The highest BCUT2D eigenvalue weighted by Crippen LogP contribution is 2.16. The highest BCUT2D eigenvalue weighted by Gasteiger charge is 2.17. The van der Waals surface area contributed by atoms with E-state index in [-0.39, 0.29) is 12.6 Å². The summed E-state index contributed by atoms with van der Waals surface area (Å²) in [6.45, 7) is 6.11. The molecule has 0 saturated heterocycles. The summed E-state index contributed by atoms with van der Waals surface area (Å²) in [6, 6.07) is 11.7. The molecule has 0 aliphatic carbocycles. The highest BCUT2D eigenvalue weighted by molar-refractivity contribution is 5.90. The second-order valence-corrected chi connectivity index (χ2v) is 5.75. The lowest BCUT2D eigenvalue weighted by atomic mass is 10.1. The van der Waals surface area contributed by atoms with Crippen LogP contribution in [0.2, 0.25) is 0 Å². The molecule has 0 atom stereocenters. The third-order valence-electron chi connectivity index (χ3n) is 3.96. The predicted octanol–water partition coefficient (Wildman–Crippen LogP) is 3.55. The molecular formula is C19H19N3O2. The molecule has 0 fully saturated rings. The number of aromatic nitrogens is 3. The van der Waals surface area contributed by atoms with Gasteiger partial charge in [0.1, 0.15) is 12.2 Å². The van der Waals surface area contributed by atoms with Crippen molar-refractivity contribution < 1.29 is 9.53 Å². The smallest absolute Gasteiger partial charge is 0.341 e. The van der Waals surface area contributed by atoms with E-state index in [0.717, 1.165) is 16.7 Å². The molecule has 24 heavy (non-hydrogen) atoms. The quantitative estimate of drug-likeness (QED) is 0.690. The van der Waals surface area contributed by atoms with Crippen molar-refractivity contribution in [1.29, 1.82) is 0 Å². The summed E-state index contributed by atoms with van der Waals surface area (Å²) in [6.07, 6.45) is 3.21. The minimum atomic E-state index is -0.379. The average Bonchev–Trinajstić information content (AvgIpc) is 2.98. The molecule has 0 spiro atoms. The number of nitrogens with zero attached hydrogens (tertiary/aromatic N) is 3. The van der Waals surface area contributed by atoms with Crippen molar-refractivity contribution in [2.75, 3.05) is 0 Å². The first-order valence-electron chi connectivity index (χ1n) is 7.75. The standard InChI is InChI=1S/C19H19N3O2/c1-13-7-8-14(2)16(10-13)12-24-19(23)17-11-21-22(15(17)3)18-6-4-5-9-20-18/h4-11H,12H2,1-3H3. The number of pyridine rings is 1. The van der Waals surface area contributed by atoms with Gasteiger partial charge < -0.3 is 4.74 Å². The van der Waals surface area contributed by atoms with Crippen LogP contribution < -0.4 is 0 Å². The monoisotopic (exact) mass is 321 g/mol. The normalized spacial score (nSPS) is 10.6. The van der Waals surface area contributed by atoms with Gasteiger partial charge in [-0.3, -0.25) is 0 Å². The van der Waals surface area contributed by atoms with E-state index < -0.39 is 0 Å². The summed E-state index contributed by atoms with van der Waals surface area (Å²) < 4.78 is 7.10. The van der Waals surface area contributed by atoms with Gasteiger partial charge in [-0.15, -0.1) is 0 Å². The van der Waals surface area contributed by atoms with Crippen molar-refractivity contribution in [2.24, 2.45) is 0 Å². The van der Waals surface area contributed by atoms with E-state index in [1.54, 1.807) is 10.9 Å². The topological polar surface area (TPSA) is 57.0 Å². The van der Waals surface area contributed by atoms with Gasteiger partial charge in [-0.05, 0) is 44.0 Å². The molecule has 0 N–H and O–H groups in total. The molecule has 0 radical (unpaired) electrons. The van der Waals surface area contributed by atoms with Gasteiger partial charge in [0.25, 0.3) is 0 Å². The lowest BCUT2D eigenvalue weighted by Gasteiger charge is -2.08. The molecule has 2 aromatic heterocycles. The summed E-state index contributed by atoms with van der Waals surface area (Å²) in [7, 11) is 0. The molecule has 0 aliphatic rings. The Bertz CT molecular complexity index is 870. The number of hydrogen-bond donors (Lipinski definition) is 0. The van der Waals surface area contributed by atoms with Crippen molar-refractivity contribution >= 4 is 5.97 Å². The van der Waals surface area contributed by atoms with E-state index >= 15 is 0 Å². The third kappa shape index (κ3) is 3.20. The van der Waals surface area contributed by atoms with Crippen LogP contribution in [0.15, 0.2) is 48.8 Å². The Kier molecular flexibility index (Phi) is 4.42. The zero-order valence-corrected chi connectivity index (χ0v) is 14.0. The lowest BCUT2D eigenvalue weighted by Crippen LogP contribution is -2.08. The Morgan fingerprint density at radius 2 is 2.00 bits per heavy atom. The second kappa shape index (κ2) is 6.66. The maximum absolute atomic E-state index is 12.4. The van der Waals surface area contributed by atoms with E-state index in [1.165, 1.54) is 6.20 Å². The summed E-state index contributed by atoms with van der Waals surface area (Å²) in [5.74, 6) is 0.291. The fraction of sp³-hybridized carbons (Fsp3) is 0.211. The molecule has 3 rings (SSSR count). The van der Waals surface area contributed by atoms with E-state index in [4.69, 9.17) is 4.74 Å². The van der Waals surface area contributed by atoms with Gasteiger partial charge in [0.2, 0.25) is 0 Å². The second-order valence-electron chi connectivity index (χ2n) is 5.75. The van der Waals surface area contributed by atoms with Crippen LogP contribution in [-0.2, 0) is 11.3 Å². The van der Waals surface area contributed by atoms with Gasteiger partial charge in [-0.2, -0.15) is 5.10 Å². The first-order chi connectivity index (χ1) is 11.6. The number of hydrogen-bond acceptors (Lipinski definition) is 4. The Morgan fingerprint density at radius 3 is 2.75 bits per heavy atom. The third-order valence-corrected chi connectivity index (χ3v) is 3.96.